The third kappa shape index (κ3) is 6.88. The van der Waals surface area contributed by atoms with Crippen molar-refractivity contribution in [2.24, 2.45) is 5.92 Å². The molecule has 2 aliphatic rings. The van der Waals surface area contributed by atoms with Crippen LogP contribution in [0.5, 0.6) is 0 Å². The van der Waals surface area contributed by atoms with Crippen molar-refractivity contribution in [1.29, 1.82) is 0 Å². The highest BCUT2D eigenvalue weighted by Gasteiger charge is 2.31. The Kier molecular flexibility index (Phi) is 9.69. The Morgan fingerprint density at radius 3 is 2.66 bits per heavy atom. The molecule has 0 spiro atoms. The predicted octanol–water partition coefficient (Wildman–Crippen LogP) is 4.56. The van der Waals surface area contributed by atoms with Gasteiger partial charge in [0.05, 0.1) is 15.8 Å². The lowest BCUT2D eigenvalue weighted by atomic mass is 9.85. The number of hydrogen-bond acceptors (Lipinski definition) is 6. The number of nitrogens with one attached hydrogen (secondary N) is 2. The van der Waals surface area contributed by atoms with Gasteiger partial charge in [0, 0.05) is 36.6 Å². The van der Waals surface area contributed by atoms with Crippen LogP contribution in [-0.4, -0.2) is 68.1 Å². The number of benzene rings is 1. The van der Waals surface area contributed by atoms with E-state index in [2.05, 4.69) is 10.6 Å². The van der Waals surface area contributed by atoms with Crippen LogP contribution in [0.25, 0.3) is 0 Å². The standard InChI is InChI=1S/C26H31ClF2N4O4S/c1-2-32(14-16-4-3-5-16)20(13-30-26(36)21-8-9-22(27)38-21)25(35)31-19-7-6-17(12-18(19)24(28)29)33-10-11-37-15-23(33)34/h6-9,12,16,20,24H,2-5,10-11,13-15H2,1H3,(H,30,36)(H,31,35)/t20-/m1/s1. The summed E-state index contributed by atoms with van der Waals surface area (Å²) in [6, 6.07) is 6.62. The SMILES string of the molecule is CCN(CC1CCC1)[C@H](CNC(=O)c1ccc(Cl)s1)C(=O)Nc1ccc(N2CCOCC2=O)cc1C(F)F. The second-order valence-corrected chi connectivity index (χ2v) is 11.1. The van der Waals surface area contributed by atoms with Gasteiger partial charge in [0.2, 0.25) is 5.91 Å². The Hall–Kier alpha value is -2.60. The number of morpholine rings is 1. The molecule has 1 aliphatic heterocycles. The van der Waals surface area contributed by atoms with Crippen LogP contribution in [0.1, 0.15) is 47.8 Å². The van der Waals surface area contributed by atoms with Crippen molar-refractivity contribution < 1.29 is 27.9 Å². The number of anilines is 2. The van der Waals surface area contributed by atoms with Crippen molar-refractivity contribution in [1.82, 2.24) is 10.2 Å². The van der Waals surface area contributed by atoms with Crippen LogP contribution in [0.2, 0.25) is 4.34 Å². The van der Waals surface area contributed by atoms with Gasteiger partial charge in [-0.2, -0.15) is 0 Å². The molecule has 12 heteroatoms. The summed E-state index contributed by atoms with van der Waals surface area (Å²) < 4.78 is 33.7. The average Bonchev–Trinajstić information content (AvgIpc) is 3.31. The zero-order chi connectivity index (χ0) is 27.2. The van der Waals surface area contributed by atoms with Crippen LogP contribution < -0.4 is 15.5 Å². The summed E-state index contributed by atoms with van der Waals surface area (Å²) >= 11 is 7.08. The molecule has 1 saturated heterocycles. The highest BCUT2D eigenvalue weighted by Crippen LogP contribution is 2.32. The molecule has 206 valence electrons. The molecule has 8 nitrogen and oxygen atoms in total. The van der Waals surface area contributed by atoms with E-state index in [-0.39, 0.29) is 42.8 Å². The van der Waals surface area contributed by atoms with Crippen LogP contribution in [0.3, 0.4) is 0 Å². The number of alkyl halides is 2. The van der Waals surface area contributed by atoms with E-state index < -0.39 is 18.4 Å². The fourth-order valence-electron chi connectivity index (χ4n) is 4.60. The number of amides is 3. The fourth-order valence-corrected chi connectivity index (χ4v) is 5.56. The van der Waals surface area contributed by atoms with Crippen molar-refractivity contribution in [2.75, 3.05) is 49.6 Å². The quantitative estimate of drug-likeness (QED) is 0.415. The van der Waals surface area contributed by atoms with Gasteiger partial charge in [0.15, 0.2) is 0 Å². The molecule has 0 bridgehead atoms. The molecule has 0 unspecified atom stereocenters. The molecule has 1 saturated carbocycles. The van der Waals surface area contributed by atoms with Gasteiger partial charge < -0.3 is 20.3 Å². The van der Waals surface area contributed by atoms with Gasteiger partial charge in [0.25, 0.3) is 18.2 Å². The van der Waals surface area contributed by atoms with E-state index in [4.69, 9.17) is 16.3 Å². The van der Waals surface area contributed by atoms with Crippen molar-refractivity contribution in [3.05, 3.63) is 45.1 Å². The lowest BCUT2D eigenvalue weighted by molar-refractivity contribution is -0.125. The van der Waals surface area contributed by atoms with E-state index in [9.17, 15) is 23.2 Å². The minimum absolute atomic E-state index is 0.00508. The molecule has 1 aromatic carbocycles. The molecule has 1 atom stereocenters. The summed E-state index contributed by atoms with van der Waals surface area (Å²) in [6.07, 6.45) is 0.412. The number of halogens is 3. The number of carbonyl (C=O) groups excluding carboxylic acids is 3. The highest BCUT2D eigenvalue weighted by molar-refractivity contribution is 7.18. The molecular formula is C26H31ClF2N4O4S. The van der Waals surface area contributed by atoms with Crippen molar-refractivity contribution >= 4 is 52.0 Å². The first kappa shape index (κ1) is 28.4. The van der Waals surface area contributed by atoms with Crippen LogP contribution in [0, 0.1) is 5.92 Å². The Balaban J connectivity index is 1.53. The average molecular weight is 569 g/mol. The molecule has 38 heavy (non-hydrogen) atoms. The monoisotopic (exact) mass is 568 g/mol. The minimum Gasteiger partial charge on any atom is -0.370 e. The van der Waals surface area contributed by atoms with Gasteiger partial charge in [-0.25, -0.2) is 8.78 Å². The summed E-state index contributed by atoms with van der Waals surface area (Å²) in [6.45, 7) is 3.62. The van der Waals surface area contributed by atoms with Crippen LogP contribution >= 0.6 is 22.9 Å². The first-order chi connectivity index (χ1) is 18.3. The predicted molar refractivity (Wildman–Crippen MR) is 143 cm³/mol. The first-order valence-electron chi connectivity index (χ1n) is 12.7. The van der Waals surface area contributed by atoms with Gasteiger partial charge in [0.1, 0.15) is 12.6 Å². The second kappa shape index (κ2) is 13.0. The van der Waals surface area contributed by atoms with E-state index >= 15 is 0 Å². The molecule has 3 amide bonds. The van der Waals surface area contributed by atoms with E-state index in [1.165, 1.54) is 23.1 Å². The molecule has 4 rings (SSSR count). The number of nitrogens with zero attached hydrogens (tertiary/aromatic N) is 2. The lowest BCUT2D eigenvalue weighted by Crippen LogP contribution is -2.52. The number of rotatable bonds is 11. The number of carbonyl (C=O) groups is 3. The second-order valence-electron chi connectivity index (χ2n) is 9.37. The normalized spacial score (nSPS) is 17.0. The Morgan fingerprint density at radius 2 is 2.05 bits per heavy atom. The Labute approximate surface area is 229 Å². The maximum absolute atomic E-state index is 14.1. The topological polar surface area (TPSA) is 91.0 Å². The number of hydrogen-bond donors (Lipinski definition) is 2. The lowest BCUT2D eigenvalue weighted by Gasteiger charge is -2.36. The zero-order valence-corrected chi connectivity index (χ0v) is 22.6. The third-order valence-electron chi connectivity index (χ3n) is 6.95. The largest absolute Gasteiger partial charge is 0.370 e. The van der Waals surface area contributed by atoms with Crippen LogP contribution in [0.4, 0.5) is 20.2 Å². The Bertz CT molecular complexity index is 1160. The summed E-state index contributed by atoms with van der Waals surface area (Å²) in [7, 11) is 0. The highest BCUT2D eigenvalue weighted by atomic mass is 35.5. The van der Waals surface area contributed by atoms with E-state index in [1.807, 2.05) is 11.8 Å². The smallest absolute Gasteiger partial charge is 0.265 e. The number of likely N-dealkylation sites (N-methyl/N-ethyl adjacent to an activating group) is 1. The van der Waals surface area contributed by atoms with Gasteiger partial charge in [-0.3, -0.25) is 19.3 Å². The van der Waals surface area contributed by atoms with E-state index in [0.29, 0.717) is 40.5 Å². The van der Waals surface area contributed by atoms with Crippen LogP contribution in [-0.2, 0) is 14.3 Å². The minimum atomic E-state index is -2.87. The molecule has 0 radical (unpaired) electrons. The van der Waals surface area contributed by atoms with Crippen LogP contribution in [0.15, 0.2) is 30.3 Å². The molecule has 2 aromatic rings. The van der Waals surface area contributed by atoms with Gasteiger partial charge in [-0.05, 0) is 55.6 Å². The Morgan fingerprint density at radius 1 is 1.26 bits per heavy atom. The third-order valence-corrected chi connectivity index (χ3v) is 8.18. The van der Waals surface area contributed by atoms with Gasteiger partial charge in [-0.1, -0.05) is 24.9 Å². The molecular weight excluding hydrogens is 538 g/mol. The summed E-state index contributed by atoms with van der Waals surface area (Å²) in [5.41, 5.74) is -0.0890. The van der Waals surface area contributed by atoms with Crippen molar-refractivity contribution in [3.8, 4) is 0 Å². The summed E-state index contributed by atoms with van der Waals surface area (Å²) in [5, 5.41) is 5.47. The summed E-state index contributed by atoms with van der Waals surface area (Å²) in [5.74, 6) is -0.704. The molecule has 1 aliphatic carbocycles. The maximum atomic E-state index is 14.1. The first-order valence-corrected chi connectivity index (χ1v) is 13.8. The molecule has 2 heterocycles. The van der Waals surface area contributed by atoms with E-state index in [1.54, 1.807) is 12.1 Å². The maximum Gasteiger partial charge on any atom is 0.265 e. The van der Waals surface area contributed by atoms with Gasteiger partial charge >= 0.3 is 0 Å². The van der Waals surface area contributed by atoms with E-state index in [0.717, 1.165) is 30.6 Å². The van der Waals surface area contributed by atoms with Crippen molar-refractivity contribution in [2.45, 2.75) is 38.7 Å². The number of thiophene rings is 1. The van der Waals surface area contributed by atoms with Gasteiger partial charge in [-0.15, -0.1) is 11.3 Å². The van der Waals surface area contributed by atoms with Crippen molar-refractivity contribution in [3.63, 3.8) is 0 Å². The zero-order valence-electron chi connectivity index (χ0n) is 21.1. The fraction of sp³-hybridized carbons (Fsp3) is 0.500. The molecule has 1 aromatic heterocycles. The molecule has 2 fully saturated rings. The number of ether oxygens (including phenoxy) is 1. The summed E-state index contributed by atoms with van der Waals surface area (Å²) in [4.78, 5) is 42.1. The molecule has 2 N–H and O–H groups in total.